The summed E-state index contributed by atoms with van der Waals surface area (Å²) < 4.78 is 12.7. The van der Waals surface area contributed by atoms with Gasteiger partial charge in [-0.05, 0) is 32.0 Å². The molecule has 2 heterocycles. The number of hydrogen-bond acceptors (Lipinski definition) is 8. The van der Waals surface area contributed by atoms with Gasteiger partial charge in [0.2, 0.25) is 5.91 Å². The molecule has 4 aromatic rings. The van der Waals surface area contributed by atoms with Gasteiger partial charge in [0.25, 0.3) is 0 Å². The number of aryl methyl sites for hydroxylation is 1. The maximum Gasteiger partial charge on any atom is 0.236 e. The molecule has 2 aromatic heterocycles. The second-order valence-corrected chi connectivity index (χ2v) is 9.16. The molecule has 0 unspecified atom stereocenters. The number of carbonyl (C=O) groups excluding carboxylic acids is 1. The minimum Gasteiger partial charge on any atom is -0.493 e. The predicted octanol–water partition coefficient (Wildman–Crippen LogP) is 5.14. The molecular weight excluding hydrogens is 470 g/mol. The highest BCUT2D eigenvalue weighted by molar-refractivity contribution is 7.99. The zero-order valence-corrected chi connectivity index (χ0v) is 21.0. The molecule has 0 aliphatic heterocycles. The number of rotatable bonds is 9. The lowest BCUT2D eigenvalue weighted by Crippen LogP contribution is -2.14. The van der Waals surface area contributed by atoms with Crippen LogP contribution in [-0.4, -0.2) is 45.6 Å². The van der Waals surface area contributed by atoms with Crippen molar-refractivity contribution in [2.75, 3.05) is 25.3 Å². The normalized spacial score (nSPS) is 10.8. The van der Waals surface area contributed by atoms with Gasteiger partial charge in [-0.2, -0.15) is 0 Å². The molecule has 34 heavy (non-hydrogen) atoms. The summed E-state index contributed by atoms with van der Waals surface area (Å²) in [7, 11) is 3.19. The van der Waals surface area contributed by atoms with Gasteiger partial charge in [-0.3, -0.25) is 4.79 Å². The topological polar surface area (TPSA) is 91.2 Å². The molecule has 0 fully saturated rings. The first-order valence-corrected chi connectivity index (χ1v) is 12.5. The van der Waals surface area contributed by atoms with Crippen molar-refractivity contribution in [2.45, 2.75) is 25.5 Å². The minimum absolute atomic E-state index is 0.145. The highest BCUT2D eigenvalue weighted by Crippen LogP contribution is 2.33. The van der Waals surface area contributed by atoms with Crippen LogP contribution in [-0.2, 0) is 11.3 Å². The smallest absolute Gasteiger partial charge is 0.236 e. The quantitative estimate of drug-likeness (QED) is 0.321. The number of ether oxygens (including phenoxy) is 2. The van der Waals surface area contributed by atoms with Gasteiger partial charge < -0.3 is 19.4 Å². The van der Waals surface area contributed by atoms with Crippen molar-refractivity contribution in [1.82, 2.24) is 19.7 Å². The van der Waals surface area contributed by atoms with E-state index in [0.29, 0.717) is 34.2 Å². The molecule has 10 heteroatoms. The lowest BCUT2D eigenvalue weighted by molar-refractivity contribution is -0.113. The standard InChI is InChI=1S/C24H25N5O3S2/c1-5-29-22(17-10-11-19(31-3)20(12-17)32-4)27-28-24(29)34-14-21(30)26-23-25-18(13-33-23)16-8-6-15(2)7-9-16/h6-13H,5,14H2,1-4H3,(H,25,26,30). The van der Waals surface area contributed by atoms with Crippen molar-refractivity contribution in [3.63, 3.8) is 0 Å². The largest absolute Gasteiger partial charge is 0.493 e. The fraction of sp³-hybridized carbons (Fsp3) is 0.250. The molecule has 0 radical (unpaired) electrons. The van der Waals surface area contributed by atoms with Gasteiger partial charge in [-0.25, -0.2) is 4.98 Å². The van der Waals surface area contributed by atoms with E-state index in [1.165, 1.54) is 28.7 Å². The molecule has 0 spiro atoms. The molecule has 4 rings (SSSR count). The van der Waals surface area contributed by atoms with Crippen LogP contribution in [0.5, 0.6) is 11.5 Å². The molecule has 0 aliphatic rings. The summed E-state index contributed by atoms with van der Waals surface area (Å²) in [5.74, 6) is 2.02. The van der Waals surface area contributed by atoms with Gasteiger partial charge >= 0.3 is 0 Å². The molecule has 0 atom stereocenters. The van der Waals surface area contributed by atoms with Crippen LogP contribution in [0, 0.1) is 6.92 Å². The molecular formula is C24H25N5O3S2. The molecule has 1 N–H and O–H groups in total. The van der Waals surface area contributed by atoms with E-state index in [9.17, 15) is 4.79 Å². The Morgan fingerprint density at radius 1 is 1.06 bits per heavy atom. The van der Waals surface area contributed by atoms with Crippen LogP contribution < -0.4 is 14.8 Å². The summed E-state index contributed by atoms with van der Waals surface area (Å²) in [6.07, 6.45) is 0. The third kappa shape index (κ3) is 5.23. The number of methoxy groups -OCH3 is 2. The molecule has 2 aromatic carbocycles. The number of carbonyl (C=O) groups is 1. The molecule has 1 amide bonds. The van der Waals surface area contributed by atoms with Crippen LogP contribution >= 0.6 is 23.1 Å². The van der Waals surface area contributed by atoms with Gasteiger partial charge in [0.15, 0.2) is 27.6 Å². The monoisotopic (exact) mass is 495 g/mol. The summed E-state index contributed by atoms with van der Waals surface area (Å²) in [5, 5.41) is 14.7. The molecule has 0 aliphatic carbocycles. The Morgan fingerprint density at radius 3 is 2.50 bits per heavy atom. The van der Waals surface area contributed by atoms with Crippen molar-refractivity contribution >= 4 is 34.1 Å². The van der Waals surface area contributed by atoms with Gasteiger partial charge in [0, 0.05) is 23.1 Å². The van der Waals surface area contributed by atoms with Gasteiger partial charge in [0.05, 0.1) is 25.7 Å². The highest BCUT2D eigenvalue weighted by Gasteiger charge is 2.17. The molecule has 176 valence electrons. The minimum atomic E-state index is -0.145. The van der Waals surface area contributed by atoms with Gasteiger partial charge in [0.1, 0.15) is 0 Å². The molecule has 0 bridgehead atoms. The van der Waals surface area contributed by atoms with E-state index < -0.39 is 0 Å². The predicted molar refractivity (Wildman–Crippen MR) is 136 cm³/mol. The Balaban J connectivity index is 1.42. The number of anilines is 1. The number of nitrogens with one attached hydrogen (secondary N) is 1. The van der Waals surface area contributed by atoms with Crippen LogP contribution in [0.2, 0.25) is 0 Å². The van der Waals surface area contributed by atoms with Crippen LogP contribution in [0.15, 0.2) is 53.0 Å². The van der Waals surface area contributed by atoms with Crippen LogP contribution in [0.3, 0.4) is 0 Å². The lowest BCUT2D eigenvalue weighted by Gasteiger charge is -2.10. The van der Waals surface area contributed by atoms with Crippen LogP contribution in [0.1, 0.15) is 12.5 Å². The average molecular weight is 496 g/mol. The number of amides is 1. The van der Waals surface area contributed by atoms with Crippen molar-refractivity contribution in [3.05, 3.63) is 53.4 Å². The summed E-state index contributed by atoms with van der Waals surface area (Å²) in [4.78, 5) is 17.1. The number of thiazole rings is 1. The number of thioether (sulfide) groups is 1. The second kappa shape index (κ2) is 10.7. The number of aromatic nitrogens is 4. The van der Waals surface area contributed by atoms with Gasteiger partial charge in [-0.15, -0.1) is 21.5 Å². The molecule has 0 saturated carbocycles. The van der Waals surface area contributed by atoms with Crippen molar-refractivity contribution < 1.29 is 14.3 Å². The van der Waals surface area contributed by atoms with Crippen molar-refractivity contribution in [1.29, 1.82) is 0 Å². The van der Waals surface area contributed by atoms with Gasteiger partial charge in [-0.1, -0.05) is 41.6 Å². The van der Waals surface area contributed by atoms with E-state index in [1.807, 2.05) is 66.3 Å². The maximum atomic E-state index is 12.6. The first-order valence-electron chi connectivity index (χ1n) is 10.6. The van der Waals surface area contributed by atoms with Crippen molar-refractivity contribution in [2.24, 2.45) is 0 Å². The fourth-order valence-electron chi connectivity index (χ4n) is 3.34. The first-order chi connectivity index (χ1) is 16.5. The maximum absolute atomic E-state index is 12.6. The Labute approximate surface area is 206 Å². The zero-order chi connectivity index (χ0) is 24.1. The highest BCUT2D eigenvalue weighted by atomic mass is 32.2. The van der Waals surface area contributed by atoms with Crippen LogP contribution in [0.4, 0.5) is 5.13 Å². The Morgan fingerprint density at radius 2 is 1.79 bits per heavy atom. The Hall–Kier alpha value is -3.37. The second-order valence-electron chi connectivity index (χ2n) is 7.36. The van der Waals surface area contributed by atoms with E-state index in [1.54, 1.807) is 14.2 Å². The van der Waals surface area contributed by atoms with E-state index in [4.69, 9.17) is 9.47 Å². The third-order valence-corrected chi connectivity index (χ3v) is 6.83. The lowest BCUT2D eigenvalue weighted by atomic mass is 10.1. The number of hydrogen-bond donors (Lipinski definition) is 1. The Bertz CT molecular complexity index is 1280. The Kier molecular flexibility index (Phi) is 7.49. The first kappa shape index (κ1) is 23.8. The van der Waals surface area contributed by atoms with E-state index in [2.05, 4.69) is 20.5 Å². The molecule has 0 saturated heterocycles. The fourth-order valence-corrected chi connectivity index (χ4v) is 4.88. The van der Waals surface area contributed by atoms with E-state index in [-0.39, 0.29) is 11.7 Å². The van der Waals surface area contributed by atoms with Crippen LogP contribution in [0.25, 0.3) is 22.6 Å². The summed E-state index contributed by atoms with van der Waals surface area (Å²) in [6, 6.07) is 13.8. The van der Waals surface area contributed by atoms with E-state index >= 15 is 0 Å². The summed E-state index contributed by atoms with van der Waals surface area (Å²) in [6.45, 7) is 4.72. The van der Waals surface area contributed by atoms with Crippen molar-refractivity contribution in [3.8, 4) is 34.1 Å². The molecule has 8 nitrogen and oxygen atoms in total. The average Bonchev–Trinajstić information content (AvgIpc) is 3.49. The zero-order valence-electron chi connectivity index (χ0n) is 19.4. The number of benzene rings is 2. The number of nitrogens with zero attached hydrogens (tertiary/aromatic N) is 4. The third-order valence-electron chi connectivity index (χ3n) is 5.11. The SMILES string of the molecule is CCn1c(SCC(=O)Nc2nc(-c3ccc(C)cc3)cs2)nnc1-c1ccc(OC)c(OC)c1. The summed E-state index contributed by atoms with van der Waals surface area (Å²) >= 11 is 2.74. The van der Waals surface area contributed by atoms with E-state index in [0.717, 1.165) is 16.8 Å². The summed E-state index contributed by atoms with van der Waals surface area (Å²) in [5.41, 5.74) is 3.92.